The van der Waals surface area contributed by atoms with E-state index in [0.29, 0.717) is 18.7 Å². The average molecular weight is 745 g/mol. The average Bonchev–Trinajstić information content (AvgIpc) is 3.93. The van der Waals surface area contributed by atoms with Crippen LogP contribution in [0.5, 0.6) is 0 Å². The van der Waals surface area contributed by atoms with Crippen LogP contribution in [0.4, 0.5) is 30.4 Å². The Hall–Kier alpha value is -5.20. The molecule has 0 atom stereocenters. The van der Waals surface area contributed by atoms with Gasteiger partial charge in [-0.25, -0.2) is 18.7 Å². The van der Waals surface area contributed by atoms with Gasteiger partial charge in [0.25, 0.3) is 0 Å². The lowest BCUT2D eigenvalue weighted by Gasteiger charge is -2.30. The number of thiazole rings is 2. The number of aromatic amines is 1. The van der Waals surface area contributed by atoms with Gasteiger partial charge in [-0.1, -0.05) is 22.7 Å². The number of benzene rings is 4. The Labute approximate surface area is 313 Å². The highest BCUT2D eigenvalue weighted by atomic mass is 32.1. The van der Waals surface area contributed by atoms with Gasteiger partial charge in [-0.3, -0.25) is 0 Å². The van der Waals surface area contributed by atoms with Crippen molar-refractivity contribution in [1.82, 2.24) is 19.5 Å². The molecule has 0 saturated heterocycles. The second kappa shape index (κ2) is 12.2. The third kappa shape index (κ3) is 5.41. The van der Waals surface area contributed by atoms with E-state index in [1.165, 1.54) is 27.7 Å². The van der Waals surface area contributed by atoms with E-state index in [9.17, 15) is 4.39 Å². The highest BCUT2D eigenvalue weighted by molar-refractivity contribution is 7.22. The fourth-order valence-corrected chi connectivity index (χ4v) is 9.99. The van der Waals surface area contributed by atoms with E-state index in [0.717, 1.165) is 97.2 Å². The van der Waals surface area contributed by atoms with Gasteiger partial charge in [-0.05, 0) is 66.7 Å². The largest absolute Gasteiger partial charge is 0.367 e. The predicted molar refractivity (Wildman–Crippen MR) is 217 cm³/mol. The number of H-pyrrole nitrogens is 1. The molecule has 8 nitrogen and oxygen atoms in total. The van der Waals surface area contributed by atoms with Crippen LogP contribution >= 0.6 is 22.7 Å². The van der Waals surface area contributed by atoms with Crippen molar-refractivity contribution in [3.05, 3.63) is 106 Å². The summed E-state index contributed by atoms with van der Waals surface area (Å²) in [7, 11) is 8.06. The smallest absolute Gasteiger partial charge is 0.185 e. The zero-order valence-corrected chi connectivity index (χ0v) is 31.6. The Morgan fingerprint density at radius 1 is 0.717 bits per heavy atom. The summed E-state index contributed by atoms with van der Waals surface area (Å²) in [5.41, 5.74) is 11.3. The summed E-state index contributed by atoms with van der Waals surface area (Å²) in [6.07, 6.45) is 1.62. The van der Waals surface area contributed by atoms with Crippen LogP contribution in [-0.2, 0) is 32.5 Å². The summed E-state index contributed by atoms with van der Waals surface area (Å²) >= 11 is 3.38. The Bertz CT molecular complexity index is 2740. The fraction of sp³-hybridized carbons (Fsp3) is 0.268. The fourth-order valence-electron chi connectivity index (χ4n) is 8.20. The van der Waals surface area contributed by atoms with Crippen LogP contribution in [0.2, 0.25) is 0 Å². The number of aromatic nitrogens is 4. The summed E-state index contributed by atoms with van der Waals surface area (Å²) in [6.45, 7) is 3.44. The Morgan fingerprint density at radius 2 is 1.43 bits per heavy atom. The molecule has 0 fully saturated rings. The zero-order valence-electron chi connectivity index (χ0n) is 30.0. The van der Waals surface area contributed by atoms with E-state index in [1.807, 2.05) is 50.1 Å². The molecule has 0 spiro atoms. The summed E-state index contributed by atoms with van der Waals surface area (Å²) in [5, 5.41) is 3.93. The van der Waals surface area contributed by atoms with Gasteiger partial charge < -0.3 is 29.2 Å². The molecule has 53 heavy (non-hydrogen) atoms. The molecule has 0 radical (unpaired) electrons. The van der Waals surface area contributed by atoms with Crippen molar-refractivity contribution in [3.8, 4) is 0 Å². The molecule has 0 unspecified atom stereocenters. The number of anilines is 4. The van der Waals surface area contributed by atoms with Crippen LogP contribution in [0.1, 0.15) is 28.1 Å². The molecule has 0 saturated carbocycles. The van der Waals surface area contributed by atoms with Crippen LogP contribution in [0, 0.1) is 11.6 Å². The van der Waals surface area contributed by atoms with E-state index in [-0.39, 0.29) is 11.6 Å². The van der Waals surface area contributed by atoms with Crippen molar-refractivity contribution in [2.24, 2.45) is 0 Å². The number of nitrogens with one attached hydrogen (secondary N) is 1. The lowest BCUT2D eigenvalue weighted by molar-refractivity contribution is 0.596. The van der Waals surface area contributed by atoms with E-state index in [2.05, 4.69) is 55.7 Å². The molecule has 12 heteroatoms. The highest BCUT2D eigenvalue weighted by Crippen LogP contribution is 2.38. The van der Waals surface area contributed by atoms with Crippen LogP contribution in [0.15, 0.2) is 66.7 Å². The summed E-state index contributed by atoms with van der Waals surface area (Å²) < 4.78 is 35.4. The van der Waals surface area contributed by atoms with Crippen LogP contribution in [0.3, 0.4) is 0 Å². The van der Waals surface area contributed by atoms with Crippen molar-refractivity contribution in [3.63, 3.8) is 0 Å². The third-order valence-corrected chi connectivity index (χ3v) is 13.3. The van der Waals surface area contributed by atoms with Crippen molar-refractivity contribution in [2.75, 3.05) is 60.9 Å². The number of fused-ring (bicyclic) bond motifs is 8. The molecule has 6 heterocycles. The van der Waals surface area contributed by atoms with Gasteiger partial charge in [-0.2, -0.15) is 0 Å². The normalized spacial score (nSPS) is 14.5. The zero-order chi connectivity index (χ0) is 36.1. The minimum atomic E-state index is -0.265. The standard InChI is InChI=1S/C41H38F2N8S2/c1-47(2)40-45-33-8-6-26(18-39(33)53-40)49-13-11-32-29(21-49)27-15-23(31(43)19-34(27)44-32)20-51-36-9-5-24(42)16-28(36)30-22-50(14-12-37(30)51)25-7-10-38-35(17-25)46-41(52-38)48(3)4/h5-10,15-19,44H,11-14,20-22H2,1-4H3. The molecule has 268 valence electrons. The Kier molecular flexibility index (Phi) is 7.45. The second-order valence-corrected chi connectivity index (χ2v) is 16.7. The number of rotatable bonds is 6. The lowest BCUT2D eigenvalue weighted by Crippen LogP contribution is -2.31. The summed E-state index contributed by atoms with van der Waals surface area (Å²) in [4.78, 5) is 22.0. The van der Waals surface area contributed by atoms with Gasteiger partial charge in [0.15, 0.2) is 10.3 Å². The molecule has 10 rings (SSSR count). The Morgan fingerprint density at radius 3 is 2.25 bits per heavy atom. The van der Waals surface area contributed by atoms with Crippen molar-refractivity contribution in [2.45, 2.75) is 32.5 Å². The molecular weight excluding hydrogens is 707 g/mol. The molecule has 0 amide bonds. The minimum absolute atomic E-state index is 0.232. The van der Waals surface area contributed by atoms with E-state index in [1.54, 1.807) is 34.8 Å². The minimum Gasteiger partial charge on any atom is -0.367 e. The molecule has 2 aliphatic heterocycles. The number of hydrogen-bond acceptors (Lipinski definition) is 8. The first-order valence-electron chi connectivity index (χ1n) is 17.9. The van der Waals surface area contributed by atoms with E-state index < -0.39 is 0 Å². The van der Waals surface area contributed by atoms with Gasteiger partial charge in [0.05, 0.1) is 27.0 Å². The molecule has 4 aromatic carbocycles. The summed E-state index contributed by atoms with van der Waals surface area (Å²) in [6, 6.07) is 21.7. The first-order chi connectivity index (χ1) is 25.7. The van der Waals surface area contributed by atoms with Crippen LogP contribution in [0.25, 0.3) is 42.2 Å². The first kappa shape index (κ1) is 32.5. The van der Waals surface area contributed by atoms with Crippen molar-refractivity contribution >= 4 is 86.6 Å². The highest BCUT2D eigenvalue weighted by Gasteiger charge is 2.27. The van der Waals surface area contributed by atoms with Crippen LogP contribution in [-0.4, -0.2) is 60.8 Å². The monoisotopic (exact) mass is 744 g/mol. The maximum absolute atomic E-state index is 16.1. The summed E-state index contributed by atoms with van der Waals surface area (Å²) in [5.74, 6) is -0.498. The first-order valence-corrected chi connectivity index (χ1v) is 19.6. The van der Waals surface area contributed by atoms with Gasteiger partial charge in [0.1, 0.15) is 11.6 Å². The SMILES string of the molecule is CN(C)c1nc2cc(N3CCc4c(c5cc(F)ccc5n4Cc4cc5c6c([nH]c5cc4F)CCN(c4ccc5nc(N(C)C)sc5c4)C6)C3)ccc2s1. The predicted octanol–water partition coefficient (Wildman–Crippen LogP) is 8.93. The van der Waals surface area contributed by atoms with Gasteiger partial charge in [-0.15, -0.1) is 0 Å². The molecular formula is C41H38F2N8S2. The lowest BCUT2D eigenvalue weighted by atomic mass is 10.0. The van der Waals surface area contributed by atoms with Crippen molar-refractivity contribution < 1.29 is 8.78 Å². The maximum atomic E-state index is 16.1. The van der Waals surface area contributed by atoms with E-state index >= 15 is 4.39 Å². The second-order valence-electron chi connectivity index (χ2n) is 14.7. The topological polar surface area (TPSA) is 59.5 Å². The quantitative estimate of drug-likeness (QED) is 0.184. The molecule has 2 aliphatic rings. The molecule has 8 aromatic rings. The van der Waals surface area contributed by atoms with Gasteiger partial charge in [0.2, 0.25) is 0 Å². The molecule has 0 aliphatic carbocycles. The number of hydrogen-bond donors (Lipinski definition) is 1. The van der Waals surface area contributed by atoms with E-state index in [4.69, 9.17) is 9.97 Å². The number of nitrogens with zero attached hydrogens (tertiary/aromatic N) is 7. The molecule has 0 bridgehead atoms. The molecule has 1 N–H and O–H groups in total. The van der Waals surface area contributed by atoms with Crippen LogP contribution < -0.4 is 19.6 Å². The number of halogens is 2. The van der Waals surface area contributed by atoms with Gasteiger partial charge in [0, 0.05) is 128 Å². The van der Waals surface area contributed by atoms with Crippen molar-refractivity contribution in [1.29, 1.82) is 0 Å². The Balaban J connectivity index is 0.981. The third-order valence-electron chi connectivity index (χ3n) is 10.9. The maximum Gasteiger partial charge on any atom is 0.185 e. The van der Waals surface area contributed by atoms with Gasteiger partial charge >= 0.3 is 0 Å². The molecule has 4 aromatic heterocycles.